The lowest BCUT2D eigenvalue weighted by molar-refractivity contribution is 1.15. The lowest BCUT2D eigenvalue weighted by atomic mass is 10.0. The first-order valence-electron chi connectivity index (χ1n) is 6.95. The fourth-order valence-electron chi connectivity index (χ4n) is 2.26. The summed E-state index contributed by atoms with van der Waals surface area (Å²) in [6.45, 7) is 0.822. The van der Waals surface area contributed by atoms with Gasteiger partial charge in [-0.1, -0.05) is 64.5 Å². The monoisotopic (exact) mass is 337 g/mol. The van der Waals surface area contributed by atoms with Crippen LogP contribution in [0.5, 0.6) is 0 Å². The fraction of sp³-hybridized carbons (Fsp3) is 0.0526. The third kappa shape index (κ3) is 3.73. The van der Waals surface area contributed by atoms with Gasteiger partial charge in [0.2, 0.25) is 0 Å². The van der Waals surface area contributed by atoms with E-state index in [0.29, 0.717) is 0 Å². The average molecular weight is 338 g/mol. The van der Waals surface area contributed by atoms with Gasteiger partial charge in [0.15, 0.2) is 0 Å². The van der Waals surface area contributed by atoms with Crippen molar-refractivity contribution >= 4 is 21.6 Å². The van der Waals surface area contributed by atoms with Crippen LogP contribution in [-0.2, 0) is 6.54 Å². The molecule has 104 valence electrons. The highest BCUT2D eigenvalue weighted by Crippen LogP contribution is 2.21. The molecule has 0 atom stereocenters. The van der Waals surface area contributed by atoms with Crippen molar-refractivity contribution in [3.05, 3.63) is 88.9 Å². The third-order valence-corrected chi connectivity index (χ3v) is 3.90. The SMILES string of the molecule is Brc1ccc(NCc2cccc(-c3ccccc3)c2)cc1. The van der Waals surface area contributed by atoms with Crippen LogP contribution in [-0.4, -0.2) is 0 Å². The van der Waals surface area contributed by atoms with E-state index in [1.54, 1.807) is 0 Å². The molecule has 0 saturated heterocycles. The zero-order valence-corrected chi connectivity index (χ0v) is 13.2. The van der Waals surface area contributed by atoms with Gasteiger partial charge >= 0.3 is 0 Å². The van der Waals surface area contributed by atoms with Gasteiger partial charge in [0, 0.05) is 16.7 Å². The minimum absolute atomic E-state index is 0.822. The summed E-state index contributed by atoms with van der Waals surface area (Å²) in [5.41, 5.74) is 4.91. The Morgan fingerprint density at radius 2 is 1.43 bits per heavy atom. The van der Waals surface area contributed by atoms with E-state index in [-0.39, 0.29) is 0 Å². The predicted molar refractivity (Wildman–Crippen MR) is 93.3 cm³/mol. The molecule has 0 aliphatic rings. The van der Waals surface area contributed by atoms with Crippen LogP contribution in [0, 0.1) is 0 Å². The average Bonchev–Trinajstić information content (AvgIpc) is 2.55. The first-order chi connectivity index (χ1) is 10.3. The summed E-state index contributed by atoms with van der Waals surface area (Å²) in [4.78, 5) is 0. The van der Waals surface area contributed by atoms with Crippen molar-refractivity contribution in [3.8, 4) is 11.1 Å². The first kappa shape index (κ1) is 13.9. The zero-order chi connectivity index (χ0) is 14.5. The molecule has 3 aromatic carbocycles. The predicted octanol–water partition coefficient (Wildman–Crippen LogP) is 5.73. The molecule has 0 fully saturated rings. The fourth-order valence-corrected chi connectivity index (χ4v) is 2.53. The molecule has 1 nitrogen and oxygen atoms in total. The van der Waals surface area contributed by atoms with Crippen molar-refractivity contribution in [2.75, 3.05) is 5.32 Å². The maximum absolute atomic E-state index is 3.45. The summed E-state index contributed by atoms with van der Waals surface area (Å²) in [6.07, 6.45) is 0. The molecule has 0 radical (unpaired) electrons. The van der Waals surface area contributed by atoms with Crippen molar-refractivity contribution in [3.63, 3.8) is 0 Å². The number of hydrogen-bond acceptors (Lipinski definition) is 1. The molecule has 3 aromatic rings. The van der Waals surface area contributed by atoms with Gasteiger partial charge < -0.3 is 5.32 Å². The molecule has 0 amide bonds. The van der Waals surface area contributed by atoms with Crippen molar-refractivity contribution in [2.45, 2.75) is 6.54 Å². The highest BCUT2D eigenvalue weighted by Gasteiger charge is 1.99. The van der Waals surface area contributed by atoms with E-state index in [1.807, 2.05) is 18.2 Å². The Morgan fingerprint density at radius 1 is 0.714 bits per heavy atom. The van der Waals surface area contributed by atoms with E-state index in [0.717, 1.165) is 16.7 Å². The molecule has 0 saturated carbocycles. The van der Waals surface area contributed by atoms with E-state index in [1.165, 1.54) is 16.7 Å². The van der Waals surface area contributed by atoms with Crippen molar-refractivity contribution < 1.29 is 0 Å². The van der Waals surface area contributed by atoms with Gasteiger partial charge in [0.1, 0.15) is 0 Å². The second kappa shape index (κ2) is 6.59. The summed E-state index contributed by atoms with van der Waals surface area (Å²) in [5, 5.41) is 3.45. The summed E-state index contributed by atoms with van der Waals surface area (Å²) in [5.74, 6) is 0. The highest BCUT2D eigenvalue weighted by molar-refractivity contribution is 9.10. The molecule has 0 heterocycles. The van der Waals surface area contributed by atoms with Crippen LogP contribution in [0.15, 0.2) is 83.3 Å². The van der Waals surface area contributed by atoms with Gasteiger partial charge in [-0.2, -0.15) is 0 Å². The number of rotatable bonds is 4. The van der Waals surface area contributed by atoms with Gasteiger partial charge in [0.25, 0.3) is 0 Å². The van der Waals surface area contributed by atoms with Crippen LogP contribution in [0.4, 0.5) is 5.69 Å². The van der Waals surface area contributed by atoms with Gasteiger partial charge in [0.05, 0.1) is 0 Å². The second-order valence-electron chi connectivity index (χ2n) is 4.93. The first-order valence-corrected chi connectivity index (χ1v) is 7.74. The Labute approximate surface area is 133 Å². The summed E-state index contributed by atoms with van der Waals surface area (Å²) < 4.78 is 1.10. The minimum atomic E-state index is 0.822. The summed E-state index contributed by atoms with van der Waals surface area (Å²) in [6, 6.07) is 27.4. The van der Waals surface area contributed by atoms with E-state index in [4.69, 9.17) is 0 Å². The number of anilines is 1. The standard InChI is InChI=1S/C19H16BrN/c20-18-9-11-19(12-10-18)21-14-15-5-4-8-17(13-15)16-6-2-1-3-7-16/h1-13,21H,14H2. The smallest absolute Gasteiger partial charge is 0.0401 e. The molecule has 21 heavy (non-hydrogen) atoms. The van der Waals surface area contributed by atoms with Gasteiger partial charge in [-0.3, -0.25) is 0 Å². The maximum Gasteiger partial charge on any atom is 0.0401 e. The van der Waals surface area contributed by atoms with Crippen molar-refractivity contribution in [2.24, 2.45) is 0 Å². The van der Waals surface area contributed by atoms with Crippen molar-refractivity contribution in [1.82, 2.24) is 0 Å². The van der Waals surface area contributed by atoms with Crippen LogP contribution in [0.25, 0.3) is 11.1 Å². The van der Waals surface area contributed by atoms with Crippen LogP contribution in [0.1, 0.15) is 5.56 Å². The molecule has 1 N–H and O–H groups in total. The third-order valence-electron chi connectivity index (χ3n) is 3.37. The molecular weight excluding hydrogens is 322 g/mol. The highest BCUT2D eigenvalue weighted by atomic mass is 79.9. The van der Waals surface area contributed by atoms with E-state index in [2.05, 4.69) is 81.9 Å². The molecule has 0 aliphatic heterocycles. The largest absolute Gasteiger partial charge is 0.381 e. The lowest BCUT2D eigenvalue weighted by Gasteiger charge is -2.08. The Hall–Kier alpha value is -2.06. The normalized spacial score (nSPS) is 10.3. The van der Waals surface area contributed by atoms with Gasteiger partial charge in [-0.25, -0.2) is 0 Å². The minimum Gasteiger partial charge on any atom is -0.381 e. The number of nitrogens with one attached hydrogen (secondary N) is 1. The Balaban J connectivity index is 1.73. The molecular formula is C19H16BrN. The van der Waals surface area contributed by atoms with Crippen molar-refractivity contribution in [1.29, 1.82) is 0 Å². The van der Waals surface area contributed by atoms with E-state index >= 15 is 0 Å². The van der Waals surface area contributed by atoms with Crippen LogP contribution in [0.3, 0.4) is 0 Å². The molecule has 0 spiro atoms. The molecule has 0 unspecified atom stereocenters. The lowest BCUT2D eigenvalue weighted by Crippen LogP contribution is -1.99. The second-order valence-corrected chi connectivity index (χ2v) is 5.84. The Kier molecular flexibility index (Phi) is 4.37. The van der Waals surface area contributed by atoms with Gasteiger partial charge in [-0.15, -0.1) is 0 Å². The van der Waals surface area contributed by atoms with E-state index < -0.39 is 0 Å². The molecule has 0 aliphatic carbocycles. The number of benzene rings is 3. The number of halogens is 1. The van der Waals surface area contributed by atoms with Crippen LogP contribution in [0.2, 0.25) is 0 Å². The maximum atomic E-state index is 3.45. The Morgan fingerprint density at radius 3 is 2.19 bits per heavy atom. The number of hydrogen-bond donors (Lipinski definition) is 1. The Bertz CT molecular complexity index is 705. The molecule has 0 aromatic heterocycles. The summed E-state index contributed by atoms with van der Waals surface area (Å²) >= 11 is 3.45. The topological polar surface area (TPSA) is 12.0 Å². The van der Waals surface area contributed by atoms with E-state index in [9.17, 15) is 0 Å². The molecule has 3 rings (SSSR count). The quantitative estimate of drug-likeness (QED) is 0.641. The molecule has 2 heteroatoms. The van der Waals surface area contributed by atoms with Gasteiger partial charge in [-0.05, 0) is 47.0 Å². The molecule has 0 bridgehead atoms. The van der Waals surface area contributed by atoms with Crippen LogP contribution >= 0.6 is 15.9 Å². The summed E-state index contributed by atoms with van der Waals surface area (Å²) in [7, 11) is 0. The van der Waals surface area contributed by atoms with Crippen LogP contribution < -0.4 is 5.32 Å². The zero-order valence-electron chi connectivity index (χ0n) is 11.6.